The van der Waals surface area contributed by atoms with E-state index in [0.717, 1.165) is 22.5 Å². The zero-order valence-electron chi connectivity index (χ0n) is 14.0. The number of hydrogen-bond donors (Lipinski definition) is 2. The van der Waals surface area contributed by atoms with Crippen LogP contribution < -0.4 is 15.4 Å². The molecule has 0 bridgehead atoms. The molecule has 0 radical (unpaired) electrons. The molecule has 2 heterocycles. The van der Waals surface area contributed by atoms with Crippen molar-refractivity contribution in [2.45, 2.75) is 6.92 Å². The van der Waals surface area contributed by atoms with Crippen molar-refractivity contribution in [1.82, 2.24) is 9.97 Å². The first-order chi connectivity index (χ1) is 12.2. The van der Waals surface area contributed by atoms with E-state index in [1.165, 1.54) is 0 Å². The van der Waals surface area contributed by atoms with Crippen molar-refractivity contribution in [2.24, 2.45) is 0 Å². The Morgan fingerprint density at radius 3 is 2.56 bits per heavy atom. The van der Waals surface area contributed by atoms with Crippen molar-refractivity contribution in [2.75, 3.05) is 17.7 Å². The molecule has 0 atom stereocenters. The van der Waals surface area contributed by atoms with Gasteiger partial charge in [-0.1, -0.05) is 18.2 Å². The fourth-order valence-corrected chi connectivity index (χ4v) is 2.37. The van der Waals surface area contributed by atoms with Gasteiger partial charge in [0.1, 0.15) is 0 Å². The van der Waals surface area contributed by atoms with Gasteiger partial charge in [-0.15, -0.1) is 0 Å². The minimum absolute atomic E-state index is 0.317. The topological polar surface area (TPSA) is 76.1 Å². The third kappa shape index (κ3) is 3.92. The summed E-state index contributed by atoms with van der Waals surface area (Å²) in [6.07, 6.45) is 3.26. The highest BCUT2D eigenvalue weighted by molar-refractivity contribution is 6.00. The normalized spacial score (nSPS) is 10.2. The van der Waals surface area contributed by atoms with E-state index in [1.807, 2.05) is 49.4 Å². The van der Waals surface area contributed by atoms with E-state index in [2.05, 4.69) is 20.6 Å². The Labute approximate surface area is 145 Å². The molecule has 2 amide bonds. The lowest BCUT2D eigenvalue weighted by Gasteiger charge is -2.10. The maximum atomic E-state index is 12.1. The molecule has 6 nitrogen and oxygen atoms in total. The first-order valence-corrected chi connectivity index (χ1v) is 7.76. The number of ether oxygens (including phenoxy) is 1. The number of aromatic nitrogens is 2. The van der Waals surface area contributed by atoms with Crippen molar-refractivity contribution in [3.63, 3.8) is 0 Å². The van der Waals surface area contributed by atoms with Gasteiger partial charge in [0.15, 0.2) is 0 Å². The van der Waals surface area contributed by atoms with Crippen LogP contribution in [0.15, 0.2) is 60.9 Å². The Hall–Kier alpha value is -3.41. The van der Waals surface area contributed by atoms with Crippen molar-refractivity contribution < 1.29 is 9.53 Å². The predicted octanol–water partition coefficient (Wildman–Crippen LogP) is 4.10. The molecule has 1 aromatic carbocycles. The Morgan fingerprint density at radius 1 is 1.00 bits per heavy atom. The summed E-state index contributed by atoms with van der Waals surface area (Å²) < 4.78 is 5.24. The number of para-hydroxylation sites is 1. The molecule has 0 aliphatic carbocycles. The van der Waals surface area contributed by atoms with Gasteiger partial charge in [-0.3, -0.25) is 4.98 Å². The summed E-state index contributed by atoms with van der Waals surface area (Å²) >= 11 is 0. The van der Waals surface area contributed by atoms with Gasteiger partial charge in [0.2, 0.25) is 5.88 Å². The number of rotatable bonds is 4. The second kappa shape index (κ2) is 7.44. The van der Waals surface area contributed by atoms with E-state index in [-0.39, 0.29) is 6.03 Å². The Balaban J connectivity index is 1.70. The summed E-state index contributed by atoms with van der Waals surface area (Å²) in [6, 6.07) is 14.6. The number of urea groups is 1. The Morgan fingerprint density at radius 2 is 1.84 bits per heavy atom. The highest BCUT2D eigenvalue weighted by Crippen LogP contribution is 2.26. The van der Waals surface area contributed by atoms with Crippen LogP contribution in [0.2, 0.25) is 0 Å². The van der Waals surface area contributed by atoms with Crippen LogP contribution in [0.1, 0.15) is 5.56 Å². The molecule has 3 rings (SSSR count). The summed E-state index contributed by atoms with van der Waals surface area (Å²) in [5.74, 6) is 0.507. The lowest BCUT2D eigenvalue weighted by atomic mass is 10.2. The molecule has 3 aromatic rings. The number of anilines is 2. The fourth-order valence-electron chi connectivity index (χ4n) is 2.37. The van der Waals surface area contributed by atoms with Crippen LogP contribution in [-0.4, -0.2) is 23.1 Å². The van der Waals surface area contributed by atoms with Crippen LogP contribution in [0.4, 0.5) is 16.2 Å². The SMILES string of the molecule is COc1ncccc1-c1ccc(NC(=O)Nc2ccccc2C)cn1. The molecule has 0 saturated heterocycles. The van der Waals surface area contributed by atoms with Crippen LogP contribution >= 0.6 is 0 Å². The zero-order valence-corrected chi connectivity index (χ0v) is 14.0. The van der Waals surface area contributed by atoms with Crippen LogP contribution in [0.5, 0.6) is 5.88 Å². The molecule has 2 N–H and O–H groups in total. The Kier molecular flexibility index (Phi) is 4.89. The molecule has 6 heteroatoms. The minimum Gasteiger partial charge on any atom is -0.481 e. The summed E-state index contributed by atoms with van der Waals surface area (Å²) in [5, 5.41) is 5.58. The molecule has 0 unspecified atom stereocenters. The number of aryl methyl sites for hydroxylation is 1. The minimum atomic E-state index is -0.317. The molecule has 0 aliphatic heterocycles. The highest BCUT2D eigenvalue weighted by atomic mass is 16.5. The van der Waals surface area contributed by atoms with E-state index < -0.39 is 0 Å². The van der Waals surface area contributed by atoms with E-state index >= 15 is 0 Å². The maximum Gasteiger partial charge on any atom is 0.323 e. The van der Waals surface area contributed by atoms with Gasteiger partial charge in [-0.25, -0.2) is 9.78 Å². The van der Waals surface area contributed by atoms with Gasteiger partial charge in [-0.05, 0) is 42.8 Å². The van der Waals surface area contributed by atoms with Gasteiger partial charge in [0.05, 0.1) is 30.3 Å². The van der Waals surface area contributed by atoms with E-state index in [9.17, 15) is 4.79 Å². The molecule has 0 aliphatic rings. The second-order valence-electron chi connectivity index (χ2n) is 5.39. The number of carbonyl (C=O) groups is 1. The number of nitrogens with zero attached hydrogens (tertiary/aromatic N) is 2. The lowest BCUT2D eigenvalue weighted by Crippen LogP contribution is -2.20. The molecular formula is C19H18N4O2. The number of carbonyl (C=O) groups excluding carboxylic acids is 1. The molecule has 0 saturated carbocycles. The summed E-state index contributed by atoms with van der Waals surface area (Å²) in [4.78, 5) is 20.6. The fraction of sp³-hybridized carbons (Fsp3) is 0.105. The summed E-state index contributed by atoms with van der Waals surface area (Å²) in [6.45, 7) is 1.94. The van der Waals surface area contributed by atoms with Crippen LogP contribution in [0.25, 0.3) is 11.3 Å². The van der Waals surface area contributed by atoms with Gasteiger partial charge in [0.25, 0.3) is 0 Å². The number of methoxy groups -OCH3 is 1. The van der Waals surface area contributed by atoms with Crippen LogP contribution in [0.3, 0.4) is 0 Å². The first kappa shape index (κ1) is 16.4. The van der Waals surface area contributed by atoms with Crippen molar-refractivity contribution >= 4 is 17.4 Å². The number of nitrogens with one attached hydrogen (secondary N) is 2. The average Bonchev–Trinajstić information content (AvgIpc) is 2.64. The second-order valence-corrected chi connectivity index (χ2v) is 5.39. The molecule has 0 spiro atoms. The van der Waals surface area contributed by atoms with Gasteiger partial charge >= 0.3 is 6.03 Å². The quantitative estimate of drug-likeness (QED) is 0.753. The number of hydrogen-bond acceptors (Lipinski definition) is 4. The highest BCUT2D eigenvalue weighted by Gasteiger charge is 2.09. The summed E-state index contributed by atoms with van der Waals surface area (Å²) in [7, 11) is 1.57. The number of amides is 2. The van der Waals surface area contributed by atoms with Crippen molar-refractivity contribution in [3.05, 3.63) is 66.5 Å². The Bertz CT molecular complexity index is 879. The molecular weight excluding hydrogens is 316 g/mol. The standard InChI is InChI=1S/C19H18N4O2/c1-13-6-3-4-8-16(13)23-19(24)22-14-9-10-17(21-12-14)15-7-5-11-20-18(15)25-2/h3-12H,1-2H3,(H2,22,23,24). The third-order valence-electron chi connectivity index (χ3n) is 3.66. The predicted molar refractivity (Wildman–Crippen MR) is 97.8 cm³/mol. The number of pyridine rings is 2. The zero-order chi connectivity index (χ0) is 17.6. The largest absolute Gasteiger partial charge is 0.481 e. The van der Waals surface area contributed by atoms with Gasteiger partial charge in [-0.2, -0.15) is 0 Å². The first-order valence-electron chi connectivity index (χ1n) is 7.76. The third-order valence-corrected chi connectivity index (χ3v) is 3.66. The maximum absolute atomic E-state index is 12.1. The molecule has 0 fully saturated rings. The monoisotopic (exact) mass is 334 g/mol. The molecule has 126 valence electrons. The van der Waals surface area contributed by atoms with Gasteiger partial charge < -0.3 is 15.4 Å². The van der Waals surface area contributed by atoms with E-state index in [0.29, 0.717) is 11.6 Å². The summed E-state index contributed by atoms with van der Waals surface area (Å²) in [5.41, 5.74) is 3.87. The smallest absolute Gasteiger partial charge is 0.323 e. The molecule has 25 heavy (non-hydrogen) atoms. The lowest BCUT2D eigenvalue weighted by molar-refractivity contribution is 0.262. The van der Waals surface area contributed by atoms with Crippen LogP contribution in [-0.2, 0) is 0 Å². The van der Waals surface area contributed by atoms with E-state index in [4.69, 9.17) is 4.74 Å². The van der Waals surface area contributed by atoms with E-state index in [1.54, 1.807) is 25.6 Å². The average molecular weight is 334 g/mol. The number of benzene rings is 1. The van der Waals surface area contributed by atoms with Crippen molar-refractivity contribution in [3.8, 4) is 17.1 Å². The van der Waals surface area contributed by atoms with Crippen molar-refractivity contribution in [1.29, 1.82) is 0 Å². The van der Waals surface area contributed by atoms with Gasteiger partial charge in [0, 0.05) is 11.9 Å². The van der Waals surface area contributed by atoms with Crippen LogP contribution in [0, 0.1) is 6.92 Å². The molecule has 2 aromatic heterocycles.